The van der Waals surface area contributed by atoms with Crippen molar-refractivity contribution < 1.29 is 29.6 Å². The van der Waals surface area contributed by atoms with Crippen LogP contribution in [-0.2, 0) is 14.3 Å². The lowest BCUT2D eigenvalue weighted by Gasteiger charge is -2.18. The Hall–Kier alpha value is -2.78. The number of anilines is 1. The molecule has 1 aliphatic heterocycles. The SMILES string of the molecule is CCCC#COC(=O)C(O)[C@H]1O[C@@H](n2cnc3c(N)ncnc32)C(O)C1O. The Morgan fingerprint density at radius 2 is 2.19 bits per heavy atom. The molecule has 0 bridgehead atoms. The monoisotopic (exact) mass is 377 g/mol. The summed E-state index contributed by atoms with van der Waals surface area (Å²) in [6.45, 7) is 1.91. The average molecular weight is 377 g/mol. The molecule has 27 heavy (non-hydrogen) atoms. The van der Waals surface area contributed by atoms with Gasteiger partial charge in [-0.1, -0.05) is 12.8 Å². The molecule has 3 heterocycles. The molecule has 11 heteroatoms. The van der Waals surface area contributed by atoms with Gasteiger partial charge in [-0.2, -0.15) is 0 Å². The normalized spacial score (nSPS) is 25.8. The second-order valence-corrected chi connectivity index (χ2v) is 5.95. The van der Waals surface area contributed by atoms with E-state index in [4.69, 9.17) is 10.5 Å². The van der Waals surface area contributed by atoms with E-state index in [0.717, 1.165) is 6.42 Å². The van der Waals surface area contributed by atoms with Gasteiger partial charge in [-0.05, 0) is 6.42 Å². The van der Waals surface area contributed by atoms with Gasteiger partial charge in [-0.15, -0.1) is 0 Å². The average Bonchev–Trinajstić information content (AvgIpc) is 3.21. The third-order valence-corrected chi connectivity index (χ3v) is 4.09. The number of rotatable bonds is 4. The van der Waals surface area contributed by atoms with Crippen molar-refractivity contribution in [2.45, 2.75) is 50.4 Å². The van der Waals surface area contributed by atoms with Crippen molar-refractivity contribution in [2.75, 3.05) is 5.73 Å². The van der Waals surface area contributed by atoms with Crippen molar-refractivity contribution in [1.82, 2.24) is 19.5 Å². The molecule has 5 atom stereocenters. The fourth-order valence-corrected chi connectivity index (χ4v) is 2.69. The number of ether oxygens (including phenoxy) is 2. The molecule has 1 fully saturated rings. The zero-order chi connectivity index (χ0) is 19.6. The van der Waals surface area contributed by atoms with E-state index in [1.807, 2.05) is 6.92 Å². The lowest BCUT2D eigenvalue weighted by Crippen LogP contribution is -2.43. The van der Waals surface area contributed by atoms with Crippen LogP contribution in [0.15, 0.2) is 12.7 Å². The van der Waals surface area contributed by atoms with E-state index >= 15 is 0 Å². The molecule has 0 aliphatic carbocycles. The summed E-state index contributed by atoms with van der Waals surface area (Å²) < 4.78 is 11.5. The molecule has 3 rings (SSSR count). The van der Waals surface area contributed by atoms with Crippen LogP contribution in [0, 0.1) is 12.0 Å². The van der Waals surface area contributed by atoms with Crippen LogP contribution in [-0.4, -0.2) is 65.2 Å². The van der Waals surface area contributed by atoms with E-state index in [2.05, 4.69) is 31.7 Å². The fraction of sp³-hybridized carbons (Fsp3) is 0.500. The number of fused-ring (bicyclic) bond motifs is 1. The van der Waals surface area contributed by atoms with Crippen LogP contribution >= 0.6 is 0 Å². The largest absolute Gasteiger partial charge is 0.387 e. The van der Waals surface area contributed by atoms with E-state index in [1.54, 1.807) is 0 Å². The van der Waals surface area contributed by atoms with E-state index in [-0.39, 0.29) is 17.0 Å². The number of imidazole rings is 1. The van der Waals surface area contributed by atoms with Crippen LogP contribution in [0.1, 0.15) is 26.0 Å². The molecule has 3 unspecified atom stereocenters. The maximum atomic E-state index is 11.9. The lowest BCUT2D eigenvalue weighted by atomic mass is 10.1. The summed E-state index contributed by atoms with van der Waals surface area (Å²) in [7, 11) is 0. The van der Waals surface area contributed by atoms with Crippen molar-refractivity contribution in [3.05, 3.63) is 12.7 Å². The summed E-state index contributed by atoms with van der Waals surface area (Å²) in [5, 5.41) is 30.7. The van der Waals surface area contributed by atoms with Crippen molar-refractivity contribution in [3.63, 3.8) is 0 Å². The number of hydrogen-bond donors (Lipinski definition) is 4. The van der Waals surface area contributed by atoms with Gasteiger partial charge in [0.05, 0.1) is 6.33 Å². The van der Waals surface area contributed by atoms with Crippen LogP contribution in [0.5, 0.6) is 0 Å². The van der Waals surface area contributed by atoms with Crippen LogP contribution in [0.3, 0.4) is 0 Å². The third kappa shape index (κ3) is 3.56. The molecule has 0 aromatic carbocycles. The molecular weight excluding hydrogens is 358 g/mol. The summed E-state index contributed by atoms with van der Waals surface area (Å²) in [5.74, 6) is 1.64. The van der Waals surface area contributed by atoms with Gasteiger partial charge in [-0.25, -0.2) is 19.7 Å². The van der Waals surface area contributed by atoms with Gasteiger partial charge in [0.25, 0.3) is 0 Å². The van der Waals surface area contributed by atoms with Gasteiger partial charge in [0.2, 0.25) is 0 Å². The Kier molecular flexibility index (Phi) is 5.52. The van der Waals surface area contributed by atoms with Crippen LogP contribution in [0.2, 0.25) is 0 Å². The van der Waals surface area contributed by atoms with E-state index < -0.39 is 36.6 Å². The van der Waals surface area contributed by atoms with Crippen LogP contribution < -0.4 is 5.73 Å². The van der Waals surface area contributed by atoms with Gasteiger partial charge >= 0.3 is 5.97 Å². The van der Waals surface area contributed by atoms with Crippen molar-refractivity contribution in [2.24, 2.45) is 0 Å². The third-order valence-electron chi connectivity index (χ3n) is 4.09. The zero-order valence-electron chi connectivity index (χ0n) is 14.4. The number of nitrogens with two attached hydrogens (primary N) is 1. The topological polar surface area (TPSA) is 166 Å². The maximum absolute atomic E-state index is 11.9. The van der Waals surface area contributed by atoms with Gasteiger partial charge in [0.15, 0.2) is 23.8 Å². The van der Waals surface area contributed by atoms with Crippen molar-refractivity contribution >= 4 is 23.0 Å². The molecule has 0 radical (unpaired) electrons. The van der Waals surface area contributed by atoms with Gasteiger partial charge in [0.1, 0.15) is 36.3 Å². The molecule has 5 N–H and O–H groups in total. The predicted molar refractivity (Wildman–Crippen MR) is 90.4 cm³/mol. The first-order valence-electron chi connectivity index (χ1n) is 8.27. The number of carbonyl (C=O) groups is 1. The highest BCUT2D eigenvalue weighted by Crippen LogP contribution is 2.33. The molecule has 2 aromatic rings. The minimum absolute atomic E-state index is 0.137. The van der Waals surface area contributed by atoms with Gasteiger partial charge in [0, 0.05) is 6.42 Å². The van der Waals surface area contributed by atoms with Gasteiger partial charge in [-0.3, -0.25) is 4.57 Å². The number of nitrogens with zero attached hydrogens (tertiary/aromatic N) is 4. The number of unbranched alkanes of at least 4 members (excludes halogenated alkanes) is 1. The first-order valence-corrected chi connectivity index (χ1v) is 8.27. The van der Waals surface area contributed by atoms with Crippen molar-refractivity contribution in [1.29, 1.82) is 0 Å². The van der Waals surface area contributed by atoms with Gasteiger partial charge < -0.3 is 30.5 Å². The second kappa shape index (κ2) is 7.85. The molecule has 0 saturated carbocycles. The molecule has 11 nitrogen and oxygen atoms in total. The Bertz CT molecular complexity index is 890. The number of nitrogen functional groups attached to an aromatic ring is 1. The number of aliphatic hydroxyl groups is 3. The van der Waals surface area contributed by atoms with E-state index in [0.29, 0.717) is 6.42 Å². The Balaban J connectivity index is 1.78. The smallest absolute Gasteiger partial charge is 0.351 e. The summed E-state index contributed by atoms with van der Waals surface area (Å²) in [6, 6.07) is 0. The summed E-state index contributed by atoms with van der Waals surface area (Å²) in [6.07, 6.45) is -1.42. The van der Waals surface area contributed by atoms with Crippen molar-refractivity contribution in [3.8, 4) is 12.0 Å². The quantitative estimate of drug-likeness (QED) is 0.371. The molecule has 0 spiro atoms. The number of carbonyl (C=O) groups excluding carboxylic acids is 1. The van der Waals surface area contributed by atoms with E-state index in [9.17, 15) is 20.1 Å². The molecule has 2 aromatic heterocycles. The standard InChI is InChI=1S/C16H19N5O6/c1-2-3-4-5-26-16(25)11(24)12-9(22)10(23)15(27-12)21-7-20-8-13(17)18-6-19-14(8)21/h6-7,9-12,15,22-24H,2-3H2,1H3,(H2,17,18,19)/t9?,10?,11?,12-,15+/m0/s1. The minimum atomic E-state index is -1.84. The maximum Gasteiger partial charge on any atom is 0.351 e. The number of aliphatic hydroxyl groups excluding tert-OH is 3. The summed E-state index contributed by atoms with van der Waals surface area (Å²) >= 11 is 0. The lowest BCUT2D eigenvalue weighted by molar-refractivity contribution is -0.159. The summed E-state index contributed by atoms with van der Waals surface area (Å²) in [4.78, 5) is 23.8. The molecular formula is C16H19N5O6. The predicted octanol–water partition coefficient (Wildman–Crippen LogP) is -1.31. The Morgan fingerprint density at radius 1 is 1.41 bits per heavy atom. The zero-order valence-corrected chi connectivity index (χ0v) is 14.4. The number of aromatic nitrogens is 4. The van der Waals surface area contributed by atoms with Crippen LogP contribution in [0.25, 0.3) is 11.2 Å². The fourth-order valence-electron chi connectivity index (χ4n) is 2.69. The number of esters is 1. The molecule has 144 valence electrons. The number of hydrogen-bond acceptors (Lipinski definition) is 10. The first-order chi connectivity index (χ1) is 13.0. The van der Waals surface area contributed by atoms with E-state index in [1.165, 1.54) is 17.2 Å². The highest BCUT2D eigenvalue weighted by molar-refractivity contribution is 5.81. The highest BCUT2D eigenvalue weighted by atomic mass is 16.6. The Morgan fingerprint density at radius 3 is 2.93 bits per heavy atom. The Labute approximate surface area is 153 Å². The minimum Gasteiger partial charge on any atom is -0.387 e. The molecule has 0 amide bonds. The highest BCUT2D eigenvalue weighted by Gasteiger charge is 2.49. The molecule has 1 saturated heterocycles. The summed E-state index contributed by atoms with van der Waals surface area (Å²) in [5.41, 5.74) is 6.27. The first kappa shape index (κ1) is 19.0. The second-order valence-electron chi connectivity index (χ2n) is 5.95. The van der Waals surface area contributed by atoms with Crippen LogP contribution in [0.4, 0.5) is 5.82 Å². The molecule has 1 aliphatic rings.